The van der Waals surface area contributed by atoms with E-state index in [1.54, 1.807) is 12.1 Å². The third kappa shape index (κ3) is 8.94. The van der Waals surface area contributed by atoms with Crippen LogP contribution in [0.2, 0.25) is 0 Å². The van der Waals surface area contributed by atoms with Gasteiger partial charge in [0.05, 0.1) is 34.9 Å². The van der Waals surface area contributed by atoms with Crippen molar-refractivity contribution >= 4 is 30.9 Å². The van der Waals surface area contributed by atoms with Crippen LogP contribution in [0.1, 0.15) is 68.2 Å². The zero-order valence-corrected chi connectivity index (χ0v) is 30.8. The molecule has 0 saturated carbocycles. The molecule has 3 heterocycles. The van der Waals surface area contributed by atoms with E-state index in [0.717, 1.165) is 24.3 Å². The third-order valence-corrected chi connectivity index (χ3v) is 8.53. The molecular weight excluding hydrogens is 842 g/mol. The molecule has 20 heteroatoms. The van der Waals surface area contributed by atoms with Gasteiger partial charge < -0.3 is 43.4 Å². The maximum atomic E-state index is 15.4. The standard InChI is InChI=1S/C23H14F4O5.C9H4O5.C6H4F2O2.C2H4O2.2CH4/c1-10-15(24)7-13-19(17(10)26)31-20-14(8-16(25)21(18(20)27)30-9-29-2)23(13)12-6-4-3-5-11(12)22(28)32-23;10-4-13-5-1-2-6-7(3-5)9(12)14-8(6)11;7-3-1-2-4(9)5(8)6(3)10;1-4-2-3;;/h3-8H,9H2,1-2H3;1-4H;1-2,9-10H;2H,1H3;2*1H4. The van der Waals surface area contributed by atoms with Crippen molar-refractivity contribution in [3.05, 3.63) is 141 Å². The van der Waals surface area contributed by atoms with E-state index in [4.69, 9.17) is 34.0 Å². The predicted octanol–water partition coefficient (Wildman–Crippen LogP) is 8.07. The summed E-state index contributed by atoms with van der Waals surface area (Å²) in [6.07, 6.45) is 0. The summed E-state index contributed by atoms with van der Waals surface area (Å²) in [5.74, 6) is -12.8. The molecule has 1 spiro atoms. The van der Waals surface area contributed by atoms with Gasteiger partial charge in [0.1, 0.15) is 11.6 Å². The van der Waals surface area contributed by atoms with Gasteiger partial charge in [-0.05, 0) is 55.5 Å². The molecule has 328 valence electrons. The summed E-state index contributed by atoms with van der Waals surface area (Å²) < 4.78 is 118. The SMILES string of the molecule is C.C.COC=O.COCOc1c(F)cc2c(c1F)Oc1c(cc(F)c(C)c1F)C21OC(=O)c2ccccc21.O=COc1ccc2c(c1)C(=O)OC2=O.Oc1ccc(F)c(O)c1F. The monoisotopic (exact) mass is 876 g/mol. The van der Waals surface area contributed by atoms with Gasteiger partial charge in [0, 0.05) is 18.2 Å². The lowest BCUT2D eigenvalue weighted by Crippen LogP contribution is -2.34. The molecule has 0 saturated heterocycles. The molecule has 0 bridgehead atoms. The Bertz CT molecular complexity index is 2520. The van der Waals surface area contributed by atoms with Gasteiger partial charge in [-0.1, -0.05) is 33.1 Å². The second-order valence-electron chi connectivity index (χ2n) is 12.0. The molecule has 0 fully saturated rings. The molecule has 0 radical (unpaired) electrons. The minimum Gasteiger partial charge on any atom is -0.505 e. The number of benzene rings is 5. The predicted molar refractivity (Wildman–Crippen MR) is 201 cm³/mol. The fraction of sp³-hybridized carbons (Fsp3) is 0.167. The minimum absolute atomic E-state index is 0. The van der Waals surface area contributed by atoms with E-state index in [2.05, 4.69) is 14.2 Å². The summed E-state index contributed by atoms with van der Waals surface area (Å²) in [6.45, 7) is 1.33. The number of ether oxygens (including phenoxy) is 7. The van der Waals surface area contributed by atoms with Crippen molar-refractivity contribution in [2.24, 2.45) is 0 Å². The normalized spacial score (nSPS) is 14.2. The highest BCUT2D eigenvalue weighted by atomic mass is 19.2. The smallest absolute Gasteiger partial charge is 0.347 e. The lowest BCUT2D eigenvalue weighted by Gasteiger charge is -2.37. The van der Waals surface area contributed by atoms with E-state index in [9.17, 15) is 36.7 Å². The third-order valence-electron chi connectivity index (χ3n) is 8.53. The lowest BCUT2D eigenvalue weighted by atomic mass is 9.77. The van der Waals surface area contributed by atoms with Crippen LogP contribution in [0.3, 0.4) is 0 Å². The number of rotatable bonds is 6. The van der Waals surface area contributed by atoms with E-state index in [0.29, 0.717) is 6.47 Å². The van der Waals surface area contributed by atoms with Crippen molar-refractivity contribution in [3.8, 4) is 34.5 Å². The molecule has 0 amide bonds. The Labute approximate surface area is 347 Å². The number of aromatic hydroxyl groups is 2. The molecule has 0 aliphatic carbocycles. The van der Waals surface area contributed by atoms with Crippen LogP contribution >= 0.6 is 0 Å². The fourth-order valence-electron chi connectivity index (χ4n) is 5.84. The molecule has 62 heavy (non-hydrogen) atoms. The highest BCUT2D eigenvalue weighted by Gasteiger charge is 2.56. The topological polar surface area (TPSA) is 190 Å². The van der Waals surface area contributed by atoms with Gasteiger partial charge in [0.15, 0.2) is 58.6 Å². The van der Waals surface area contributed by atoms with Crippen LogP contribution in [0.4, 0.5) is 26.3 Å². The summed E-state index contributed by atoms with van der Waals surface area (Å²) >= 11 is 0. The number of fused-ring (bicyclic) bond motifs is 7. The first-order chi connectivity index (χ1) is 28.6. The molecular formula is C42H34F6O14. The maximum Gasteiger partial charge on any atom is 0.347 e. The molecule has 1 atom stereocenters. The van der Waals surface area contributed by atoms with Crippen LogP contribution in [0.5, 0.6) is 34.5 Å². The fourth-order valence-corrected chi connectivity index (χ4v) is 5.84. The first-order valence-electron chi connectivity index (χ1n) is 16.5. The Morgan fingerprint density at radius 3 is 1.89 bits per heavy atom. The van der Waals surface area contributed by atoms with Crippen molar-refractivity contribution < 1.29 is 93.7 Å². The van der Waals surface area contributed by atoms with Gasteiger partial charge in [-0.3, -0.25) is 9.59 Å². The molecule has 8 rings (SSSR count). The van der Waals surface area contributed by atoms with Crippen LogP contribution in [0.25, 0.3) is 0 Å². The summed E-state index contributed by atoms with van der Waals surface area (Å²) in [6, 6.07) is 13.5. The molecule has 3 aliphatic heterocycles. The zero-order valence-electron chi connectivity index (χ0n) is 30.8. The average molecular weight is 877 g/mol. The number of halogens is 6. The van der Waals surface area contributed by atoms with Gasteiger partial charge >= 0.3 is 17.9 Å². The highest BCUT2D eigenvalue weighted by molar-refractivity contribution is 6.14. The average Bonchev–Trinajstić information content (AvgIpc) is 3.70. The largest absolute Gasteiger partial charge is 0.505 e. The van der Waals surface area contributed by atoms with Gasteiger partial charge in [-0.2, -0.15) is 8.78 Å². The van der Waals surface area contributed by atoms with Crippen molar-refractivity contribution in [3.63, 3.8) is 0 Å². The molecule has 5 aromatic rings. The number of hydrogen-bond donors (Lipinski definition) is 2. The number of methoxy groups -OCH3 is 2. The Balaban J connectivity index is 0.000000281. The van der Waals surface area contributed by atoms with Crippen LogP contribution in [-0.4, -0.2) is 62.1 Å². The lowest BCUT2D eigenvalue weighted by molar-refractivity contribution is -0.126. The van der Waals surface area contributed by atoms with E-state index >= 15 is 8.78 Å². The number of phenols is 2. The summed E-state index contributed by atoms with van der Waals surface area (Å²) in [4.78, 5) is 53.7. The van der Waals surface area contributed by atoms with E-state index in [-0.39, 0.29) is 66.0 Å². The Hall–Kier alpha value is -7.61. The molecule has 0 aromatic heterocycles. The van der Waals surface area contributed by atoms with E-state index in [1.807, 2.05) is 0 Å². The summed E-state index contributed by atoms with van der Waals surface area (Å²) in [7, 11) is 2.57. The number of cyclic esters (lactones) is 2. The van der Waals surface area contributed by atoms with Crippen LogP contribution in [0.15, 0.2) is 66.7 Å². The summed E-state index contributed by atoms with van der Waals surface area (Å²) in [5, 5.41) is 17.0. The maximum absolute atomic E-state index is 15.4. The molecule has 3 aliphatic rings. The van der Waals surface area contributed by atoms with E-state index in [1.165, 1.54) is 51.5 Å². The number of hydrogen-bond acceptors (Lipinski definition) is 14. The quantitative estimate of drug-likeness (QED) is 0.0416. The second kappa shape index (κ2) is 20.1. The number of carbonyl (C=O) groups is 5. The van der Waals surface area contributed by atoms with Gasteiger partial charge in [0.2, 0.25) is 11.6 Å². The Morgan fingerprint density at radius 1 is 0.661 bits per heavy atom. The second-order valence-corrected chi connectivity index (χ2v) is 12.0. The van der Waals surface area contributed by atoms with Gasteiger partial charge in [0.25, 0.3) is 12.9 Å². The van der Waals surface area contributed by atoms with Gasteiger partial charge in [-0.25, -0.2) is 31.9 Å². The van der Waals surface area contributed by atoms with Crippen LogP contribution < -0.4 is 14.2 Å². The highest BCUT2D eigenvalue weighted by Crippen LogP contribution is 2.58. The van der Waals surface area contributed by atoms with E-state index < -0.39 is 94.0 Å². The zero-order chi connectivity index (χ0) is 44.1. The summed E-state index contributed by atoms with van der Waals surface area (Å²) in [5.41, 5.74) is -2.34. The number of phenolic OH excluding ortho intramolecular Hbond substituents is 2. The Kier molecular flexibility index (Phi) is 15.8. The first-order valence-corrected chi connectivity index (χ1v) is 16.5. The minimum atomic E-state index is -2.03. The number of esters is 3. The van der Waals surface area contributed by atoms with Crippen molar-refractivity contribution in [2.45, 2.75) is 27.4 Å². The van der Waals surface area contributed by atoms with Gasteiger partial charge in [-0.15, -0.1) is 0 Å². The molecule has 5 aromatic carbocycles. The number of carbonyl (C=O) groups excluding carboxylic acids is 5. The van der Waals surface area contributed by atoms with Crippen molar-refractivity contribution in [1.29, 1.82) is 0 Å². The Morgan fingerprint density at radius 2 is 1.27 bits per heavy atom. The van der Waals surface area contributed by atoms with Crippen molar-refractivity contribution in [2.75, 3.05) is 21.0 Å². The molecule has 2 N–H and O–H groups in total. The van der Waals surface area contributed by atoms with Crippen LogP contribution in [-0.2, 0) is 34.1 Å². The first kappa shape index (κ1) is 48.8. The van der Waals surface area contributed by atoms with Crippen molar-refractivity contribution in [1.82, 2.24) is 0 Å². The molecule has 1 unspecified atom stereocenters. The molecule has 14 nitrogen and oxygen atoms in total. The van der Waals surface area contributed by atoms with Crippen LogP contribution in [0, 0.1) is 41.8 Å².